The number of benzene rings is 2. The number of para-hydroxylation sites is 1. The molecule has 11 heteroatoms. The molecule has 2 aromatic carbocycles. The summed E-state index contributed by atoms with van der Waals surface area (Å²) >= 11 is 0. The molecule has 0 aliphatic carbocycles. The first kappa shape index (κ1) is 29.4. The predicted molar refractivity (Wildman–Crippen MR) is 152 cm³/mol. The van der Waals surface area contributed by atoms with E-state index in [0.29, 0.717) is 27.5 Å². The van der Waals surface area contributed by atoms with Gasteiger partial charge in [0.15, 0.2) is 11.6 Å². The van der Waals surface area contributed by atoms with Crippen LogP contribution in [-0.2, 0) is 0 Å². The zero-order valence-corrected chi connectivity index (χ0v) is 22.8. The fraction of sp³-hybridized carbons (Fsp3) is 0.357. The first-order valence-electron chi connectivity index (χ1n) is 12.6. The van der Waals surface area contributed by atoms with Crippen molar-refractivity contribution >= 4 is 29.2 Å². The number of nitrogens with two attached hydrogens (primary N) is 2. The van der Waals surface area contributed by atoms with Gasteiger partial charge in [0.2, 0.25) is 0 Å². The van der Waals surface area contributed by atoms with E-state index in [2.05, 4.69) is 33.0 Å². The van der Waals surface area contributed by atoms with Crippen molar-refractivity contribution in [3.63, 3.8) is 0 Å². The molecule has 1 saturated heterocycles. The maximum absolute atomic E-state index is 14.3. The lowest BCUT2D eigenvalue weighted by molar-refractivity contribution is 0.102. The molecule has 0 spiro atoms. The van der Waals surface area contributed by atoms with Crippen molar-refractivity contribution < 1.29 is 13.6 Å². The van der Waals surface area contributed by atoms with E-state index < -0.39 is 28.8 Å². The van der Waals surface area contributed by atoms with E-state index >= 15 is 0 Å². The molecular weight excluding hydrogens is 504 g/mol. The number of carbonyl (C=O) groups is 1. The van der Waals surface area contributed by atoms with Crippen LogP contribution in [0.2, 0.25) is 0 Å². The van der Waals surface area contributed by atoms with Crippen LogP contribution in [0.4, 0.5) is 25.8 Å². The summed E-state index contributed by atoms with van der Waals surface area (Å²) in [7, 11) is 1.50. The Morgan fingerprint density at radius 1 is 1.10 bits per heavy atom. The van der Waals surface area contributed by atoms with Crippen LogP contribution in [0.15, 0.2) is 52.3 Å². The van der Waals surface area contributed by atoms with Gasteiger partial charge in [-0.2, -0.15) is 9.78 Å². The summed E-state index contributed by atoms with van der Waals surface area (Å²) in [6.07, 6.45) is 2.71. The molecule has 1 aliphatic rings. The van der Waals surface area contributed by atoms with Crippen LogP contribution in [0.5, 0.6) is 0 Å². The Kier molecular flexibility index (Phi) is 9.18. The summed E-state index contributed by atoms with van der Waals surface area (Å²) in [6.45, 7) is 9.63. The highest BCUT2D eigenvalue weighted by Gasteiger charge is 2.26. The third-order valence-electron chi connectivity index (χ3n) is 6.00. The summed E-state index contributed by atoms with van der Waals surface area (Å²) < 4.78 is 29.2. The zero-order chi connectivity index (χ0) is 28.9. The lowest BCUT2D eigenvalue weighted by Gasteiger charge is -2.25. The Hall–Kier alpha value is -4.12. The molecule has 5 N–H and O–H groups in total. The average molecular weight is 540 g/mol. The number of nitrogens with one attached hydrogen (secondary N) is 1. The highest BCUT2D eigenvalue weighted by molar-refractivity contribution is 6.08. The zero-order valence-electron chi connectivity index (χ0n) is 22.8. The molecule has 0 bridgehead atoms. The number of aliphatic imine (C=N–C) groups is 1. The Balaban J connectivity index is 0.00000205. The van der Waals surface area contributed by atoms with Crippen LogP contribution in [0, 0.1) is 17.6 Å². The van der Waals surface area contributed by atoms with Gasteiger partial charge in [0.05, 0.1) is 16.9 Å². The van der Waals surface area contributed by atoms with Gasteiger partial charge in [-0.05, 0) is 70.5 Å². The molecule has 39 heavy (non-hydrogen) atoms. The fourth-order valence-electron chi connectivity index (χ4n) is 4.17. The van der Waals surface area contributed by atoms with Crippen LogP contribution in [0.3, 0.4) is 0 Å². The summed E-state index contributed by atoms with van der Waals surface area (Å²) in [4.78, 5) is 32.4. The maximum Gasteiger partial charge on any atom is 0.276 e. The van der Waals surface area contributed by atoms with E-state index in [1.54, 1.807) is 18.3 Å². The van der Waals surface area contributed by atoms with Crippen molar-refractivity contribution in [2.24, 2.45) is 16.6 Å². The molecule has 208 valence electrons. The molecule has 9 nitrogen and oxygen atoms in total. The van der Waals surface area contributed by atoms with Gasteiger partial charge >= 0.3 is 0 Å². The van der Waals surface area contributed by atoms with E-state index in [4.69, 9.17) is 5.73 Å². The Morgan fingerprint density at radius 3 is 2.36 bits per heavy atom. The number of hydrogen-bond donors (Lipinski definition) is 3. The lowest BCUT2D eigenvalue weighted by atomic mass is 10.1. The minimum absolute atomic E-state index is 0.190. The number of nitrogens with zero attached hydrogens (tertiary/aromatic N) is 4. The molecule has 1 fully saturated rings. The molecular formula is C28H35F2N7O2. The van der Waals surface area contributed by atoms with E-state index in [0.717, 1.165) is 43.4 Å². The second-order valence-corrected chi connectivity index (χ2v) is 10.2. The predicted octanol–water partition coefficient (Wildman–Crippen LogP) is 3.98. The molecule has 0 radical (unpaired) electrons. The Labute approximate surface area is 226 Å². The van der Waals surface area contributed by atoms with Gasteiger partial charge in [0.1, 0.15) is 11.4 Å². The van der Waals surface area contributed by atoms with Crippen LogP contribution in [-0.4, -0.2) is 47.6 Å². The van der Waals surface area contributed by atoms with Crippen molar-refractivity contribution in [3.8, 4) is 5.69 Å². The topological polar surface area (TPSA) is 132 Å². The van der Waals surface area contributed by atoms with Crippen LogP contribution in [0.25, 0.3) is 5.69 Å². The maximum atomic E-state index is 14.3. The number of amides is 1. The van der Waals surface area contributed by atoms with Gasteiger partial charge in [0.25, 0.3) is 11.5 Å². The second kappa shape index (κ2) is 12.2. The van der Waals surface area contributed by atoms with Gasteiger partial charge in [-0.1, -0.05) is 13.0 Å². The Bertz CT molecular complexity index is 1410. The number of hydrogen-bond acceptors (Lipinski definition) is 7. The Morgan fingerprint density at radius 2 is 1.77 bits per heavy atom. The number of carbonyl (C=O) groups excluding carboxylic acids is 1. The second-order valence-electron chi connectivity index (χ2n) is 10.2. The normalized spacial score (nSPS) is 15.3. The molecule has 0 saturated carbocycles. The first-order valence-corrected chi connectivity index (χ1v) is 12.6. The van der Waals surface area contributed by atoms with Gasteiger partial charge < -0.3 is 21.7 Å². The van der Waals surface area contributed by atoms with Gasteiger partial charge in [0, 0.05) is 36.6 Å². The third kappa shape index (κ3) is 6.85. The van der Waals surface area contributed by atoms with Crippen molar-refractivity contribution in [3.05, 3.63) is 75.7 Å². The van der Waals surface area contributed by atoms with Crippen molar-refractivity contribution in [2.45, 2.75) is 39.7 Å². The van der Waals surface area contributed by atoms with Gasteiger partial charge in [-0.15, -0.1) is 0 Å². The SMILES string of the molecule is CC1CCN(c2c(NC(=O)c3ccc(=O)n(-c4c(F)cccc4F)n3)ccc(N)c2C=NC(C)(C)C)C1.CN. The lowest BCUT2D eigenvalue weighted by Crippen LogP contribution is -2.27. The quantitative estimate of drug-likeness (QED) is 0.332. The molecule has 1 amide bonds. The van der Waals surface area contributed by atoms with E-state index in [1.807, 2.05) is 20.8 Å². The van der Waals surface area contributed by atoms with E-state index in [9.17, 15) is 18.4 Å². The molecule has 1 aromatic heterocycles. The van der Waals surface area contributed by atoms with Crippen LogP contribution >= 0.6 is 0 Å². The molecule has 4 rings (SSSR count). The number of rotatable bonds is 5. The molecule has 1 unspecified atom stereocenters. The van der Waals surface area contributed by atoms with Crippen LogP contribution in [0.1, 0.15) is 50.2 Å². The molecule has 2 heterocycles. The highest BCUT2D eigenvalue weighted by atomic mass is 19.1. The molecule has 1 aliphatic heterocycles. The number of halogens is 2. The summed E-state index contributed by atoms with van der Waals surface area (Å²) in [5.74, 6) is -2.14. The smallest absolute Gasteiger partial charge is 0.276 e. The summed E-state index contributed by atoms with van der Waals surface area (Å²) in [5, 5.41) is 6.80. The van der Waals surface area contributed by atoms with E-state index in [1.165, 1.54) is 19.2 Å². The van der Waals surface area contributed by atoms with E-state index in [-0.39, 0.29) is 11.2 Å². The molecule has 1 atom stereocenters. The molecule has 3 aromatic rings. The largest absolute Gasteiger partial charge is 0.398 e. The number of anilines is 3. The van der Waals surface area contributed by atoms with Gasteiger partial charge in [-0.25, -0.2) is 8.78 Å². The van der Waals surface area contributed by atoms with Crippen molar-refractivity contribution in [1.82, 2.24) is 9.78 Å². The third-order valence-corrected chi connectivity index (χ3v) is 6.00. The van der Waals surface area contributed by atoms with Crippen molar-refractivity contribution in [2.75, 3.05) is 36.1 Å². The fourth-order valence-corrected chi connectivity index (χ4v) is 4.17. The minimum Gasteiger partial charge on any atom is -0.398 e. The van der Waals surface area contributed by atoms with Gasteiger partial charge in [-0.3, -0.25) is 14.6 Å². The summed E-state index contributed by atoms with van der Waals surface area (Å²) in [6, 6.07) is 8.84. The number of nitrogen functional groups attached to an aromatic ring is 1. The first-order chi connectivity index (χ1) is 18.4. The number of aromatic nitrogens is 2. The summed E-state index contributed by atoms with van der Waals surface area (Å²) in [5.41, 5.74) is 11.3. The van der Waals surface area contributed by atoms with Crippen molar-refractivity contribution in [1.29, 1.82) is 0 Å². The average Bonchev–Trinajstić information content (AvgIpc) is 3.31. The minimum atomic E-state index is -0.973. The van der Waals surface area contributed by atoms with Crippen LogP contribution < -0.4 is 27.2 Å². The monoisotopic (exact) mass is 539 g/mol. The highest BCUT2D eigenvalue weighted by Crippen LogP contribution is 2.37. The standard InChI is InChI=1S/C27H30F2N6O2.CH5N/c1-16-12-13-34(15-16)24-17(14-31-27(2,3)4)20(30)8-9-21(24)32-26(37)22-10-11-23(36)35(33-22)25-18(28)6-5-7-19(25)29;1-2/h5-11,14,16H,12-13,15,30H2,1-4H3,(H,32,37);2H2,1H3.